The van der Waals surface area contributed by atoms with Gasteiger partial charge in [0.2, 0.25) is 0 Å². The number of aliphatic hydroxyl groups is 1. The number of methoxy groups -OCH3 is 1. The molecule has 2 heterocycles. The van der Waals surface area contributed by atoms with E-state index in [-0.39, 0.29) is 18.3 Å². The lowest BCUT2D eigenvalue weighted by atomic mass is 9.79. The highest BCUT2D eigenvalue weighted by atomic mass is 35.5. The molecule has 1 aromatic heterocycles. The number of nitrogens with zero attached hydrogens (tertiary/aromatic N) is 2. The first-order valence-corrected chi connectivity index (χ1v) is 13.1. The van der Waals surface area contributed by atoms with Crippen molar-refractivity contribution < 1.29 is 19.7 Å². The van der Waals surface area contributed by atoms with Crippen LogP contribution in [-0.2, 0) is 4.79 Å². The predicted molar refractivity (Wildman–Crippen MR) is 146 cm³/mol. The Morgan fingerprint density at radius 2 is 2.08 bits per heavy atom. The number of aliphatic carboxylic acids is 1. The van der Waals surface area contributed by atoms with Gasteiger partial charge in [-0.25, -0.2) is 0 Å². The molecule has 0 aliphatic carbocycles. The first-order chi connectivity index (χ1) is 17.9. The summed E-state index contributed by atoms with van der Waals surface area (Å²) in [5.41, 5.74) is 2.29. The molecule has 6 nitrogen and oxygen atoms in total. The van der Waals surface area contributed by atoms with Gasteiger partial charge in [-0.05, 0) is 79.6 Å². The summed E-state index contributed by atoms with van der Waals surface area (Å²) in [6.45, 7) is 2.00. The van der Waals surface area contributed by atoms with Gasteiger partial charge in [0.15, 0.2) is 0 Å². The van der Waals surface area contributed by atoms with E-state index in [1.54, 1.807) is 19.4 Å². The van der Waals surface area contributed by atoms with Gasteiger partial charge in [-0.2, -0.15) is 0 Å². The Balaban J connectivity index is 1.40. The molecule has 3 atom stereocenters. The maximum absolute atomic E-state index is 11.6. The third-order valence-corrected chi connectivity index (χ3v) is 7.86. The molecule has 3 aromatic rings. The number of aromatic nitrogens is 1. The van der Waals surface area contributed by atoms with Crippen molar-refractivity contribution in [1.82, 2.24) is 9.88 Å². The molecule has 0 unspecified atom stereocenters. The summed E-state index contributed by atoms with van der Waals surface area (Å²) in [6.07, 6.45) is 3.27. The van der Waals surface area contributed by atoms with E-state index in [9.17, 15) is 15.0 Å². The van der Waals surface area contributed by atoms with E-state index in [1.165, 1.54) is 0 Å². The Labute approximate surface area is 227 Å². The van der Waals surface area contributed by atoms with E-state index >= 15 is 0 Å². The fraction of sp³-hybridized carbons (Fsp3) is 0.379. The average Bonchev–Trinajstić information content (AvgIpc) is 2.89. The minimum absolute atomic E-state index is 0.00992. The molecule has 8 heteroatoms. The molecule has 37 heavy (non-hydrogen) atoms. The van der Waals surface area contributed by atoms with Crippen LogP contribution in [0.2, 0.25) is 10.0 Å². The molecule has 4 rings (SSSR count). The minimum atomic E-state index is -0.804. The monoisotopic (exact) mass is 540 g/mol. The Hall–Kier alpha value is -2.82. The molecule has 0 amide bonds. The van der Waals surface area contributed by atoms with Crippen molar-refractivity contribution in [3.8, 4) is 17.6 Å². The topological polar surface area (TPSA) is 82.9 Å². The van der Waals surface area contributed by atoms with Crippen LogP contribution in [-0.4, -0.2) is 52.8 Å². The largest absolute Gasteiger partial charge is 0.497 e. The van der Waals surface area contributed by atoms with E-state index in [0.29, 0.717) is 40.9 Å². The number of carbonyl (C=O) groups is 1. The van der Waals surface area contributed by atoms with Gasteiger partial charge >= 0.3 is 5.97 Å². The number of benzene rings is 2. The Kier molecular flexibility index (Phi) is 9.28. The molecule has 1 aliphatic heterocycles. The van der Waals surface area contributed by atoms with Crippen LogP contribution in [0.1, 0.15) is 42.9 Å². The number of hydrogen-bond acceptors (Lipinski definition) is 5. The Morgan fingerprint density at radius 1 is 1.24 bits per heavy atom. The second-order valence-corrected chi connectivity index (χ2v) is 10.2. The van der Waals surface area contributed by atoms with Gasteiger partial charge < -0.3 is 14.9 Å². The Bertz CT molecular complexity index is 1320. The summed E-state index contributed by atoms with van der Waals surface area (Å²) < 4.78 is 5.35. The molecular weight excluding hydrogens is 511 g/mol. The minimum Gasteiger partial charge on any atom is -0.497 e. The van der Waals surface area contributed by atoms with E-state index in [0.717, 1.165) is 35.9 Å². The predicted octanol–water partition coefficient (Wildman–Crippen LogP) is 5.83. The number of carboxylic acid groups (broad SMARTS) is 1. The fourth-order valence-corrected chi connectivity index (χ4v) is 5.42. The molecule has 194 valence electrons. The molecule has 0 radical (unpaired) electrons. The summed E-state index contributed by atoms with van der Waals surface area (Å²) >= 11 is 12.3. The van der Waals surface area contributed by atoms with E-state index in [4.69, 9.17) is 27.9 Å². The summed E-state index contributed by atoms with van der Waals surface area (Å²) in [5.74, 6) is 6.34. The molecule has 2 aromatic carbocycles. The molecule has 0 spiro atoms. The van der Waals surface area contributed by atoms with Crippen LogP contribution in [0.4, 0.5) is 0 Å². The van der Waals surface area contributed by atoms with Crippen molar-refractivity contribution in [3.05, 3.63) is 69.8 Å². The highest BCUT2D eigenvalue weighted by Gasteiger charge is 2.31. The van der Waals surface area contributed by atoms with Crippen molar-refractivity contribution >= 4 is 40.1 Å². The van der Waals surface area contributed by atoms with Crippen molar-refractivity contribution in [3.63, 3.8) is 0 Å². The second kappa shape index (κ2) is 12.6. The highest BCUT2D eigenvalue weighted by Crippen LogP contribution is 2.34. The maximum Gasteiger partial charge on any atom is 0.303 e. The zero-order valence-corrected chi connectivity index (χ0v) is 22.2. The number of pyridine rings is 1. The second-order valence-electron chi connectivity index (χ2n) is 9.42. The van der Waals surface area contributed by atoms with Crippen LogP contribution in [0.3, 0.4) is 0 Å². The number of halogens is 2. The lowest BCUT2D eigenvalue weighted by Crippen LogP contribution is -2.41. The third-order valence-electron chi connectivity index (χ3n) is 7.04. The third kappa shape index (κ3) is 6.94. The number of aliphatic hydroxyl groups excluding tert-OH is 1. The van der Waals surface area contributed by atoms with Crippen LogP contribution in [0.5, 0.6) is 5.75 Å². The molecule has 1 saturated heterocycles. The molecule has 0 saturated carbocycles. The van der Waals surface area contributed by atoms with Crippen molar-refractivity contribution in [1.29, 1.82) is 0 Å². The summed E-state index contributed by atoms with van der Waals surface area (Å²) in [7, 11) is 1.61. The highest BCUT2D eigenvalue weighted by molar-refractivity contribution is 6.42. The first-order valence-electron chi connectivity index (χ1n) is 12.3. The summed E-state index contributed by atoms with van der Waals surface area (Å²) in [6, 6.07) is 12.8. The van der Waals surface area contributed by atoms with Crippen LogP contribution < -0.4 is 4.74 Å². The number of carboxylic acids is 1. The van der Waals surface area contributed by atoms with E-state index in [1.807, 2.05) is 36.4 Å². The average molecular weight is 541 g/mol. The SMILES string of the molecule is COc1ccc2nccc([C@@H](O)CC[C@@H]3CCN(CC#Cc4cccc(Cl)c4Cl)C[C@@H]3CC(=O)O)c2c1. The molecule has 1 fully saturated rings. The number of rotatable bonds is 8. The van der Waals surface area contributed by atoms with Gasteiger partial charge in [0.25, 0.3) is 0 Å². The quantitative estimate of drug-likeness (QED) is 0.350. The van der Waals surface area contributed by atoms with Crippen LogP contribution in [0.15, 0.2) is 48.7 Å². The number of ether oxygens (including phenoxy) is 1. The first kappa shape index (κ1) is 27.2. The smallest absolute Gasteiger partial charge is 0.303 e. The zero-order valence-electron chi connectivity index (χ0n) is 20.7. The maximum atomic E-state index is 11.6. The standard InChI is InChI=1S/C29H30Cl2N2O4/c1-37-22-8-9-26-24(17-22)23(11-13-32-26)27(34)10-7-19-12-15-33(18-21(19)16-28(35)36)14-3-5-20-4-2-6-25(30)29(20)31/h2,4,6,8-9,11,13,17,19,21,27,34H,7,10,12,14-16,18H2,1H3,(H,35,36)/t19-,21+,27+/m1/s1. The van der Waals surface area contributed by atoms with Crippen molar-refractivity contribution in [2.45, 2.75) is 31.8 Å². The number of piperidine rings is 1. The zero-order chi connectivity index (χ0) is 26.4. The van der Waals surface area contributed by atoms with Gasteiger partial charge in [0.05, 0.1) is 35.3 Å². The summed E-state index contributed by atoms with van der Waals surface area (Å²) in [5, 5.41) is 22.4. The van der Waals surface area contributed by atoms with Gasteiger partial charge in [0, 0.05) is 30.1 Å². The van der Waals surface area contributed by atoms with Gasteiger partial charge in [0.1, 0.15) is 5.75 Å². The molecule has 1 aliphatic rings. The molecule has 2 N–H and O–H groups in total. The summed E-state index contributed by atoms with van der Waals surface area (Å²) in [4.78, 5) is 18.2. The number of hydrogen-bond donors (Lipinski definition) is 2. The lowest BCUT2D eigenvalue weighted by Gasteiger charge is -2.37. The van der Waals surface area contributed by atoms with Crippen LogP contribution >= 0.6 is 23.2 Å². The van der Waals surface area contributed by atoms with E-state index in [2.05, 4.69) is 21.7 Å². The van der Waals surface area contributed by atoms with E-state index < -0.39 is 12.1 Å². The van der Waals surface area contributed by atoms with Crippen LogP contribution in [0.25, 0.3) is 10.9 Å². The van der Waals surface area contributed by atoms with Crippen molar-refractivity contribution in [2.24, 2.45) is 11.8 Å². The van der Waals surface area contributed by atoms with Crippen LogP contribution in [0, 0.1) is 23.7 Å². The normalized spacial score (nSPS) is 18.7. The Morgan fingerprint density at radius 3 is 2.86 bits per heavy atom. The van der Waals surface area contributed by atoms with Gasteiger partial charge in [-0.1, -0.05) is 41.1 Å². The number of likely N-dealkylation sites (tertiary alicyclic amines) is 1. The molecular formula is C29H30Cl2N2O4. The fourth-order valence-electron chi connectivity index (χ4n) is 5.07. The molecule has 0 bridgehead atoms. The van der Waals surface area contributed by atoms with Gasteiger partial charge in [-0.15, -0.1) is 0 Å². The lowest BCUT2D eigenvalue weighted by molar-refractivity contribution is -0.139. The van der Waals surface area contributed by atoms with Gasteiger partial charge in [-0.3, -0.25) is 14.7 Å². The van der Waals surface area contributed by atoms with Crippen molar-refractivity contribution in [2.75, 3.05) is 26.7 Å². The number of fused-ring (bicyclic) bond motifs is 1.